The first kappa shape index (κ1) is 12.7. The van der Waals surface area contributed by atoms with Crippen molar-refractivity contribution >= 4 is 27.3 Å². The lowest BCUT2D eigenvalue weighted by molar-refractivity contribution is 0.598. The molecule has 0 unspecified atom stereocenters. The molecule has 0 aliphatic rings. The summed E-state index contributed by atoms with van der Waals surface area (Å²) in [6, 6.07) is 2.05. The van der Waals surface area contributed by atoms with E-state index in [2.05, 4.69) is 43.0 Å². The predicted molar refractivity (Wildman–Crippen MR) is 71.6 cm³/mol. The van der Waals surface area contributed by atoms with Gasteiger partial charge in [0, 0.05) is 35.2 Å². The molecule has 0 spiro atoms. The van der Waals surface area contributed by atoms with E-state index in [4.69, 9.17) is 5.73 Å². The van der Waals surface area contributed by atoms with Crippen LogP contribution in [0.5, 0.6) is 0 Å². The van der Waals surface area contributed by atoms with E-state index >= 15 is 0 Å². The van der Waals surface area contributed by atoms with Crippen LogP contribution >= 0.6 is 27.3 Å². The van der Waals surface area contributed by atoms with E-state index in [1.54, 1.807) is 16.0 Å². The molecule has 5 nitrogen and oxygen atoms in total. The summed E-state index contributed by atoms with van der Waals surface area (Å²) in [5, 5.41) is 13.4. The second-order valence-corrected chi connectivity index (χ2v) is 5.41. The van der Waals surface area contributed by atoms with Gasteiger partial charge >= 0.3 is 0 Å². The summed E-state index contributed by atoms with van der Waals surface area (Å²) in [5.74, 6) is 0. The first-order chi connectivity index (χ1) is 8.29. The van der Waals surface area contributed by atoms with Crippen LogP contribution < -0.4 is 11.1 Å². The lowest BCUT2D eigenvalue weighted by atomic mass is 10.4. The van der Waals surface area contributed by atoms with Crippen molar-refractivity contribution in [1.82, 2.24) is 20.3 Å². The number of nitrogens with zero attached hydrogens (tertiary/aromatic N) is 3. The van der Waals surface area contributed by atoms with Gasteiger partial charge in [0.1, 0.15) is 0 Å². The first-order valence-electron chi connectivity index (χ1n) is 5.31. The molecule has 17 heavy (non-hydrogen) atoms. The molecule has 92 valence electrons. The van der Waals surface area contributed by atoms with E-state index in [9.17, 15) is 0 Å². The average Bonchev–Trinajstić information content (AvgIpc) is 2.90. The Hall–Kier alpha value is -0.760. The van der Waals surface area contributed by atoms with E-state index in [1.165, 1.54) is 4.88 Å². The topological polar surface area (TPSA) is 68.8 Å². The van der Waals surface area contributed by atoms with Crippen LogP contribution in [-0.2, 0) is 19.6 Å². The molecular formula is C10H14BrN5S. The van der Waals surface area contributed by atoms with E-state index < -0.39 is 0 Å². The van der Waals surface area contributed by atoms with Gasteiger partial charge in [0.05, 0.1) is 12.2 Å². The highest BCUT2D eigenvalue weighted by molar-refractivity contribution is 9.10. The van der Waals surface area contributed by atoms with Crippen LogP contribution in [0.15, 0.2) is 22.1 Å². The lowest BCUT2D eigenvalue weighted by Crippen LogP contribution is -2.12. The van der Waals surface area contributed by atoms with Crippen molar-refractivity contribution in [3.05, 3.63) is 32.7 Å². The number of aromatic nitrogens is 3. The summed E-state index contributed by atoms with van der Waals surface area (Å²) in [6.07, 6.45) is 1.92. The highest BCUT2D eigenvalue weighted by Gasteiger charge is 2.02. The van der Waals surface area contributed by atoms with Gasteiger partial charge < -0.3 is 11.1 Å². The van der Waals surface area contributed by atoms with Crippen LogP contribution in [0.1, 0.15) is 10.6 Å². The molecule has 0 amide bonds. The van der Waals surface area contributed by atoms with E-state index in [-0.39, 0.29) is 0 Å². The van der Waals surface area contributed by atoms with Gasteiger partial charge in [0.15, 0.2) is 0 Å². The van der Waals surface area contributed by atoms with E-state index in [1.807, 2.05) is 6.20 Å². The molecule has 0 aliphatic carbocycles. The number of hydrogen-bond acceptors (Lipinski definition) is 5. The van der Waals surface area contributed by atoms with Gasteiger partial charge in [-0.05, 0) is 27.4 Å². The number of nitrogens with one attached hydrogen (secondary N) is 1. The molecule has 0 aromatic carbocycles. The van der Waals surface area contributed by atoms with Crippen molar-refractivity contribution in [3.63, 3.8) is 0 Å². The fourth-order valence-corrected chi connectivity index (χ4v) is 2.88. The Morgan fingerprint density at radius 1 is 1.47 bits per heavy atom. The van der Waals surface area contributed by atoms with Gasteiger partial charge in [-0.3, -0.25) is 4.68 Å². The number of halogens is 1. The number of rotatable bonds is 6. The smallest absolute Gasteiger partial charge is 0.0964 e. The third-order valence-electron chi connectivity index (χ3n) is 2.23. The van der Waals surface area contributed by atoms with Crippen molar-refractivity contribution in [2.45, 2.75) is 19.6 Å². The fourth-order valence-electron chi connectivity index (χ4n) is 1.42. The number of nitrogens with two attached hydrogens (primary N) is 1. The molecule has 0 radical (unpaired) electrons. The summed E-state index contributed by atoms with van der Waals surface area (Å²) in [7, 11) is 0. The van der Waals surface area contributed by atoms with Gasteiger partial charge in [0.25, 0.3) is 0 Å². The SMILES string of the molecule is NCCn1cc(CNCc2sccc2Br)nn1. The maximum Gasteiger partial charge on any atom is 0.0964 e. The summed E-state index contributed by atoms with van der Waals surface area (Å²) < 4.78 is 2.92. The van der Waals surface area contributed by atoms with Crippen molar-refractivity contribution < 1.29 is 0 Å². The summed E-state index contributed by atoms with van der Waals surface area (Å²) >= 11 is 5.23. The van der Waals surface area contributed by atoms with Crippen LogP contribution in [0.25, 0.3) is 0 Å². The summed E-state index contributed by atoms with van der Waals surface area (Å²) in [6.45, 7) is 2.85. The highest BCUT2D eigenvalue weighted by atomic mass is 79.9. The lowest BCUT2D eigenvalue weighted by Gasteiger charge is -2.00. The van der Waals surface area contributed by atoms with Gasteiger partial charge in [-0.1, -0.05) is 5.21 Å². The van der Waals surface area contributed by atoms with Gasteiger partial charge in [-0.2, -0.15) is 0 Å². The minimum atomic E-state index is 0.582. The first-order valence-corrected chi connectivity index (χ1v) is 6.98. The molecule has 2 aromatic rings. The quantitative estimate of drug-likeness (QED) is 0.844. The minimum Gasteiger partial charge on any atom is -0.329 e. The maximum atomic E-state index is 5.44. The van der Waals surface area contributed by atoms with Gasteiger partial charge in [0.2, 0.25) is 0 Å². The molecule has 0 fully saturated rings. The molecule has 3 N–H and O–H groups in total. The van der Waals surface area contributed by atoms with Crippen LogP contribution in [0, 0.1) is 0 Å². The molecule has 0 saturated heterocycles. The molecule has 7 heteroatoms. The number of hydrogen-bond donors (Lipinski definition) is 2. The van der Waals surface area contributed by atoms with Crippen molar-refractivity contribution in [3.8, 4) is 0 Å². The van der Waals surface area contributed by atoms with Crippen LogP contribution in [0.3, 0.4) is 0 Å². The van der Waals surface area contributed by atoms with Crippen molar-refractivity contribution in [2.24, 2.45) is 5.73 Å². The van der Waals surface area contributed by atoms with Gasteiger partial charge in [-0.15, -0.1) is 16.4 Å². The van der Waals surface area contributed by atoms with E-state index in [0.29, 0.717) is 13.1 Å². The zero-order valence-corrected chi connectivity index (χ0v) is 11.7. The Morgan fingerprint density at radius 3 is 3.06 bits per heavy atom. The fraction of sp³-hybridized carbons (Fsp3) is 0.400. The average molecular weight is 316 g/mol. The highest BCUT2D eigenvalue weighted by Crippen LogP contribution is 2.22. The second kappa shape index (κ2) is 6.25. The van der Waals surface area contributed by atoms with Crippen LogP contribution in [0.2, 0.25) is 0 Å². The van der Waals surface area contributed by atoms with E-state index in [0.717, 1.165) is 23.3 Å². The largest absolute Gasteiger partial charge is 0.329 e. The molecule has 0 aliphatic heterocycles. The second-order valence-electron chi connectivity index (χ2n) is 3.56. The molecule has 2 aromatic heterocycles. The minimum absolute atomic E-state index is 0.582. The Kier molecular flexibility index (Phi) is 4.66. The van der Waals surface area contributed by atoms with Gasteiger partial charge in [-0.25, -0.2) is 0 Å². The standard InChI is InChI=1S/C10H14BrN5S/c11-9-1-4-17-10(9)6-13-5-8-7-16(3-2-12)15-14-8/h1,4,7,13H,2-3,5-6,12H2. The zero-order chi connectivity index (χ0) is 12.1. The number of thiophene rings is 1. The Balaban J connectivity index is 1.80. The Labute approximate surface area is 112 Å². The molecular weight excluding hydrogens is 302 g/mol. The van der Waals surface area contributed by atoms with Crippen molar-refractivity contribution in [1.29, 1.82) is 0 Å². The third-order valence-corrected chi connectivity index (χ3v) is 4.15. The normalized spacial score (nSPS) is 10.9. The van der Waals surface area contributed by atoms with Crippen molar-refractivity contribution in [2.75, 3.05) is 6.54 Å². The monoisotopic (exact) mass is 315 g/mol. The Bertz CT molecular complexity index is 467. The molecule has 2 rings (SSSR count). The summed E-state index contributed by atoms with van der Waals surface area (Å²) in [4.78, 5) is 1.29. The predicted octanol–water partition coefficient (Wildman–Crippen LogP) is 1.35. The third kappa shape index (κ3) is 3.60. The summed E-state index contributed by atoms with van der Waals surface area (Å²) in [5.41, 5.74) is 6.38. The zero-order valence-electron chi connectivity index (χ0n) is 9.27. The van der Waals surface area contributed by atoms with Crippen LogP contribution in [-0.4, -0.2) is 21.5 Å². The maximum absolute atomic E-state index is 5.44. The van der Waals surface area contributed by atoms with Crippen LogP contribution in [0.4, 0.5) is 0 Å². The molecule has 0 atom stereocenters. The molecule has 0 bridgehead atoms. The molecule has 2 heterocycles. The molecule has 0 saturated carbocycles. The Morgan fingerprint density at radius 2 is 2.35 bits per heavy atom.